The van der Waals surface area contributed by atoms with E-state index >= 15 is 0 Å². The Hall–Kier alpha value is -1.43. The quantitative estimate of drug-likeness (QED) is 0.724. The van der Waals surface area contributed by atoms with E-state index in [0.717, 1.165) is 12.8 Å². The molecule has 0 fully saturated rings. The number of carbonyl (C=O) groups excluding carboxylic acids is 1. The van der Waals surface area contributed by atoms with Gasteiger partial charge >= 0.3 is 0 Å². The monoisotopic (exact) mass is 359 g/mol. The Labute approximate surface area is 134 Å². The minimum Gasteiger partial charge on any atom is -0.493 e. The summed E-state index contributed by atoms with van der Waals surface area (Å²) in [7, 11) is 4.58. The van der Waals surface area contributed by atoms with Crippen LogP contribution in [0.5, 0.6) is 17.2 Å². The van der Waals surface area contributed by atoms with Gasteiger partial charge < -0.3 is 19.5 Å². The summed E-state index contributed by atoms with van der Waals surface area (Å²) in [6.45, 7) is 2.71. The first-order valence-electron chi connectivity index (χ1n) is 6.79. The van der Waals surface area contributed by atoms with Crippen molar-refractivity contribution in [3.63, 3.8) is 0 Å². The van der Waals surface area contributed by atoms with Crippen LogP contribution in [-0.4, -0.2) is 38.6 Å². The number of carbonyl (C=O) groups is 1. The molecule has 0 aliphatic rings. The summed E-state index contributed by atoms with van der Waals surface area (Å²) >= 11 is 3.54. The smallest absolute Gasteiger partial charge is 0.251 e. The van der Waals surface area contributed by atoms with Crippen LogP contribution < -0.4 is 19.5 Å². The van der Waals surface area contributed by atoms with Crippen molar-refractivity contribution in [1.82, 2.24) is 5.32 Å². The lowest BCUT2D eigenvalue weighted by atomic mass is 10.1. The first-order valence-corrected chi connectivity index (χ1v) is 7.71. The average Bonchev–Trinajstić information content (AvgIpc) is 2.52. The molecule has 0 bridgehead atoms. The topological polar surface area (TPSA) is 56.8 Å². The maximum atomic E-state index is 12.2. The van der Waals surface area contributed by atoms with Gasteiger partial charge in [-0.15, -0.1) is 0 Å². The molecule has 0 radical (unpaired) electrons. The Kier molecular flexibility index (Phi) is 7.36. The maximum Gasteiger partial charge on any atom is 0.251 e. The van der Waals surface area contributed by atoms with Gasteiger partial charge in [0, 0.05) is 16.9 Å². The molecule has 0 saturated heterocycles. The van der Waals surface area contributed by atoms with E-state index in [-0.39, 0.29) is 5.91 Å². The molecular formula is C15H22BrNO4. The molecule has 0 aliphatic carbocycles. The lowest BCUT2D eigenvalue weighted by molar-refractivity contribution is 0.0952. The van der Waals surface area contributed by atoms with Crippen molar-refractivity contribution in [2.24, 2.45) is 0 Å². The molecule has 0 aromatic heterocycles. The Morgan fingerprint density at radius 2 is 1.76 bits per heavy atom. The largest absolute Gasteiger partial charge is 0.493 e. The van der Waals surface area contributed by atoms with E-state index in [4.69, 9.17) is 14.2 Å². The van der Waals surface area contributed by atoms with Gasteiger partial charge in [-0.05, 0) is 25.0 Å². The third-order valence-corrected chi connectivity index (χ3v) is 4.22. The summed E-state index contributed by atoms with van der Waals surface area (Å²) in [5, 5.41) is 2.88. The lowest BCUT2D eigenvalue weighted by Gasteiger charge is -2.14. The first-order chi connectivity index (χ1) is 10.1. The summed E-state index contributed by atoms with van der Waals surface area (Å²) in [6, 6.07) is 3.28. The first kappa shape index (κ1) is 17.6. The van der Waals surface area contributed by atoms with Crippen molar-refractivity contribution < 1.29 is 19.0 Å². The molecule has 1 N–H and O–H groups in total. The number of ether oxygens (including phenoxy) is 3. The highest BCUT2D eigenvalue weighted by molar-refractivity contribution is 9.09. The number of rotatable bonds is 8. The van der Waals surface area contributed by atoms with Gasteiger partial charge in [0.2, 0.25) is 5.75 Å². The van der Waals surface area contributed by atoms with E-state index < -0.39 is 0 Å². The molecule has 6 heteroatoms. The van der Waals surface area contributed by atoms with Gasteiger partial charge in [0.15, 0.2) is 11.5 Å². The third-order valence-electron chi connectivity index (χ3n) is 3.11. The third kappa shape index (κ3) is 4.81. The van der Waals surface area contributed by atoms with Crippen LogP contribution in [0.15, 0.2) is 12.1 Å². The van der Waals surface area contributed by atoms with Crippen LogP contribution in [0.4, 0.5) is 0 Å². The Bertz CT molecular complexity index is 454. The van der Waals surface area contributed by atoms with E-state index in [2.05, 4.69) is 28.2 Å². The van der Waals surface area contributed by atoms with E-state index in [9.17, 15) is 4.79 Å². The van der Waals surface area contributed by atoms with Gasteiger partial charge in [0.25, 0.3) is 5.91 Å². The number of halogens is 1. The van der Waals surface area contributed by atoms with Crippen molar-refractivity contribution in [2.75, 3.05) is 27.9 Å². The summed E-state index contributed by atoms with van der Waals surface area (Å²) in [5.41, 5.74) is 0.479. The van der Waals surface area contributed by atoms with Crippen LogP contribution >= 0.6 is 15.9 Å². The van der Waals surface area contributed by atoms with Gasteiger partial charge in [-0.2, -0.15) is 0 Å². The Balaban J connectivity index is 2.84. The summed E-state index contributed by atoms with van der Waals surface area (Å²) in [6.07, 6.45) is 1.91. The number of hydrogen-bond acceptors (Lipinski definition) is 4. The fraction of sp³-hybridized carbons (Fsp3) is 0.533. The zero-order valence-electron chi connectivity index (χ0n) is 12.9. The predicted molar refractivity (Wildman–Crippen MR) is 86.1 cm³/mol. The van der Waals surface area contributed by atoms with Crippen molar-refractivity contribution >= 4 is 21.8 Å². The zero-order valence-corrected chi connectivity index (χ0v) is 14.5. The number of nitrogens with one attached hydrogen (secondary N) is 1. The van der Waals surface area contributed by atoms with Crippen molar-refractivity contribution in [2.45, 2.75) is 24.6 Å². The van der Waals surface area contributed by atoms with E-state index in [0.29, 0.717) is 34.2 Å². The van der Waals surface area contributed by atoms with Gasteiger partial charge in [-0.25, -0.2) is 0 Å². The second-order valence-corrected chi connectivity index (χ2v) is 5.76. The zero-order chi connectivity index (χ0) is 15.8. The molecule has 0 spiro atoms. The number of hydrogen-bond donors (Lipinski definition) is 1. The molecule has 0 heterocycles. The normalized spacial score (nSPS) is 11.7. The van der Waals surface area contributed by atoms with E-state index in [1.54, 1.807) is 12.1 Å². The number of methoxy groups -OCH3 is 3. The predicted octanol–water partition coefficient (Wildman–Crippen LogP) is 3.01. The minimum atomic E-state index is -0.162. The van der Waals surface area contributed by atoms with Gasteiger partial charge in [-0.3, -0.25) is 4.79 Å². The van der Waals surface area contributed by atoms with Crippen LogP contribution in [0.2, 0.25) is 0 Å². The van der Waals surface area contributed by atoms with Crippen molar-refractivity contribution in [3.8, 4) is 17.2 Å². The maximum absolute atomic E-state index is 12.2. The van der Waals surface area contributed by atoms with E-state index in [1.165, 1.54) is 21.3 Å². The summed E-state index contributed by atoms with van der Waals surface area (Å²) in [4.78, 5) is 12.6. The molecule has 21 heavy (non-hydrogen) atoms. The molecule has 1 aromatic carbocycles. The highest BCUT2D eigenvalue weighted by Crippen LogP contribution is 2.38. The van der Waals surface area contributed by atoms with Crippen LogP contribution in [-0.2, 0) is 0 Å². The molecule has 1 aromatic rings. The summed E-state index contributed by atoms with van der Waals surface area (Å²) < 4.78 is 15.7. The van der Waals surface area contributed by atoms with E-state index in [1.807, 2.05) is 0 Å². The highest BCUT2D eigenvalue weighted by atomic mass is 79.9. The van der Waals surface area contributed by atoms with Crippen LogP contribution in [0, 0.1) is 0 Å². The second-order valence-electron chi connectivity index (χ2n) is 4.46. The molecule has 0 aliphatic heterocycles. The van der Waals surface area contributed by atoms with Crippen LogP contribution in [0.25, 0.3) is 0 Å². The molecular weight excluding hydrogens is 338 g/mol. The van der Waals surface area contributed by atoms with Gasteiger partial charge in [0.05, 0.1) is 21.3 Å². The number of benzene rings is 1. The molecule has 1 unspecified atom stereocenters. The summed E-state index contributed by atoms with van der Waals surface area (Å²) in [5.74, 6) is 1.25. The number of alkyl halides is 1. The SMILES string of the molecule is CCC(Br)CCNC(=O)c1cc(OC)c(OC)c(OC)c1. The Morgan fingerprint density at radius 3 is 2.19 bits per heavy atom. The fourth-order valence-electron chi connectivity index (χ4n) is 1.86. The molecule has 118 valence electrons. The molecule has 1 rings (SSSR count). The van der Waals surface area contributed by atoms with Gasteiger partial charge in [0.1, 0.15) is 0 Å². The minimum absolute atomic E-state index is 0.162. The molecule has 0 saturated carbocycles. The van der Waals surface area contributed by atoms with Gasteiger partial charge in [-0.1, -0.05) is 22.9 Å². The lowest BCUT2D eigenvalue weighted by Crippen LogP contribution is -2.26. The highest BCUT2D eigenvalue weighted by Gasteiger charge is 2.16. The fourth-order valence-corrected chi connectivity index (χ4v) is 2.09. The molecule has 5 nitrogen and oxygen atoms in total. The van der Waals surface area contributed by atoms with Crippen LogP contribution in [0.3, 0.4) is 0 Å². The number of amides is 1. The standard InChI is InChI=1S/C15H22BrNO4/c1-5-11(16)6-7-17-15(18)10-8-12(19-2)14(21-4)13(9-10)20-3/h8-9,11H,5-7H2,1-4H3,(H,17,18). The van der Waals surface area contributed by atoms with Crippen LogP contribution in [0.1, 0.15) is 30.1 Å². The molecule has 1 atom stereocenters. The Morgan fingerprint density at radius 1 is 1.19 bits per heavy atom. The second kappa shape index (κ2) is 8.77. The average molecular weight is 360 g/mol. The molecule has 1 amide bonds. The van der Waals surface area contributed by atoms with Crippen molar-refractivity contribution in [3.05, 3.63) is 17.7 Å². The van der Waals surface area contributed by atoms with Crippen molar-refractivity contribution in [1.29, 1.82) is 0 Å².